The minimum absolute atomic E-state index is 0.112. The number of carbonyl (C=O) groups excluding carboxylic acids is 1. The van der Waals surface area contributed by atoms with Crippen molar-refractivity contribution in [2.24, 2.45) is 0 Å². The Morgan fingerprint density at radius 2 is 2.04 bits per heavy atom. The van der Waals surface area contributed by atoms with Gasteiger partial charge < -0.3 is 9.73 Å². The lowest BCUT2D eigenvalue weighted by molar-refractivity contribution is -0.116. The van der Waals surface area contributed by atoms with Crippen LogP contribution in [0.1, 0.15) is 17.9 Å². The van der Waals surface area contributed by atoms with Gasteiger partial charge in [0, 0.05) is 18.9 Å². The standard InChI is InChI=1S/C19H15ClF2N2O2/c1-11-2-5-16(14(20)8-11)24-18(25)6-7-19-23-10-17(26-19)13-4-3-12(21)9-15(13)22/h2-5,8-10H,6-7H2,1H3,(H,24,25). The second-order valence-electron chi connectivity index (χ2n) is 5.77. The molecule has 1 amide bonds. The van der Waals surface area contributed by atoms with Gasteiger partial charge in [0.25, 0.3) is 0 Å². The number of carbonyl (C=O) groups is 1. The van der Waals surface area contributed by atoms with Crippen LogP contribution in [0.5, 0.6) is 0 Å². The quantitative estimate of drug-likeness (QED) is 0.669. The predicted octanol–water partition coefficient (Wildman–Crippen LogP) is 5.15. The SMILES string of the molecule is Cc1ccc(NC(=O)CCc2ncc(-c3ccc(F)cc3F)o2)c(Cl)c1. The molecule has 0 saturated carbocycles. The molecule has 0 aliphatic carbocycles. The lowest BCUT2D eigenvalue weighted by atomic mass is 10.2. The smallest absolute Gasteiger partial charge is 0.224 e. The van der Waals surface area contributed by atoms with Crippen LogP contribution in [0.4, 0.5) is 14.5 Å². The number of rotatable bonds is 5. The Labute approximate surface area is 153 Å². The Morgan fingerprint density at radius 1 is 1.23 bits per heavy atom. The minimum atomic E-state index is -0.737. The number of amides is 1. The maximum absolute atomic E-state index is 13.8. The summed E-state index contributed by atoms with van der Waals surface area (Å²) >= 11 is 6.08. The molecule has 0 aliphatic heterocycles. The second-order valence-corrected chi connectivity index (χ2v) is 6.18. The van der Waals surface area contributed by atoms with Crippen LogP contribution in [0.25, 0.3) is 11.3 Å². The van der Waals surface area contributed by atoms with Gasteiger partial charge in [-0.15, -0.1) is 0 Å². The van der Waals surface area contributed by atoms with Crippen LogP contribution in [0.15, 0.2) is 47.0 Å². The fraction of sp³-hybridized carbons (Fsp3) is 0.158. The molecule has 1 heterocycles. The van der Waals surface area contributed by atoms with E-state index < -0.39 is 11.6 Å². The third-order valence-corrected chi connectivity index (χ3v) is 4.03. The zero-order valence-electron chi connectivity index (χ0n) is 13.9. The molecule has 0 radical (unpaired) electrons. The van der Waals surface area contributed by atoms with Gasteiger partial charge in [-0.3, -0.25) is 4.79 Å². The van der Waals surface area contributed by atoms with Gasteiger partial charge >= 0.3 is 0 Å². The van der Waals surface area contributed by atoms with Crippen LogP contribution in [-0.4, -0.2) is 10.9 Å². The fourth-order valence-corrected chi connectivity index (χ4v) is 2.68. The topological polar surface area (TPSA) is 55.1 Å². The van der Waals surface area contributed by atoms with Crippen molar-refractivity contribution in [3.63, 3.8) is 0 Å². The van der Waals surface area contributed by atoms with Crippen LogP contribution in [0.3, 0.4) is 0 Å². The highest BCUT2D eigenvalue weighted by molar-refractivity contribution is 6.33. The maximum atomic E-state index is 13.8. The summed E-state index contributed by atoms with van der Waals surface area (Å²) in [4.78, 5) is 16.1. The van der Waals surface area contributed by atoms with Gasteiger partial charge in [0.15, 0.2) is 11.7 Å². The molecule has 0 atom stereocenters. The molecule has 0 unspecified atom stereocenters. The van der Waals surface area contributed by atoms with E-state index in [1.807, 2.05) is 13.0 Å². The number of aromatic nitrogens is 1. The average Bonchev–Trinajstić information content (AvgIpc) is 3.04. The molecular weight excluding hydrogens is 362 g/mol. The molecule has 0 spiro atoms. The fourth-order valence-electron chi connectivity index (χ4n) is 2.39. The molecule has 26 heavy (non-hydrogen) atoms. The maximum Gasteiger partial charge on any atom is 0.224 e. The van der Waals surface area contributed by atoms with E-state index in [1.165, 1.54) is 12.3 Å². The Bertz CT molecular complexity index is 956. The number of hydrogen-bond acceptors (Lipinski definition) is 3. The first-order valence-electron chi connectivity index (χ1n) is 7.88. The molecule has 0 bridgehead atoms. The van der Waals surface area contributed by atoms with E-state index in [0.29, 0.717) is 10.7 Å². The Hall–Kier alpha value is -2.73. The summed E-state index contributed by atoms with van der Waals surface area (Å²) in [5.41, 5.74) is 1.64. The van der Waals surface area contributed by atoms with Gasteiger partial charge in [0.1, 0.15) is 11.6 Å². The molecule has 0 fully saturated rings. The van der Waals surface area contributed by atoms with E-state index in [9.17, 15) is 13.6 Å². The molecule has 1 N–H and O–H groups in total. The molecule has 134 valence electrons. The normalized spacial score (nSPS) is 10.8. The van der Waals surface area contributed by atoms with Crippen molar-refractivity contribution >= 4 is 23.2 Å². The van der Waals surface area contributed by atoms with E-state index in [4.69, 9.17) is 16.0 Å². The zero-order valence-corrected chi connectivity index (χ0v) is 14.6. The van der Waals surface area contributed by atoms with Crippen LogP contribution in [-0.2, 0) is 11.2 Å². The summed E-state index contributed by atoms with van der Waals surface area (Å²) in [6, 6.07) is 8.53. The number of nitrogens with zero attached hydrogens (tertiary/aromatic N) is 1. The lowest BCUT2D eigenvalue weighted by Crippen LogP contribution is -2.12. The predicted molar refractivity (Wildman–Crippen MR) is 95.0 cm³/mol. The van der Waals surface area contributed by atoms with Crippen molar-refractivity contribution in [1.29, 1.82) is 0 Å². The van der Waals surface area contributed by atoms with Crippen molar-refractivity contribution < 1.29 is 18.0 Å². The first-order valence-corrected chi connectivity index (χ1v) is 8.26. The average molecular weight is 377 g/mol. The van der Waals surface area contributed by atoms with Crippen molar-refractivity contribution in [2.75, 3.05) is 5.32 Å². The second kappa shape index (κ2) is 7.66. The van der Waals surface area contributed by atoms with Gasteiger partial charge in [-0.1, -0.05) is 17.7 Å². The van der Waals surface area contributed by atoms with E-state index in [0.717, 1.165) is 17.7 Å². The lowest BCUT2D eigenvalue weighted by Gasteiger charge is -2.07. The minimum Gasteiger partial charge on any atom is -0.441 e. The number of anilines is 1. The van der Waals surface area contributed by atoms with Gasteiger partial charge in [0.2, 0.25) is 5.91 Å². The molecule has 0 aliphatic rings. The summed E-state index contributed by atoms with van der Waals surface area (Å²) < 4.78 is 32.2. The monoisotopic (exact) mass is 376 g/mol. The number of nitrogens with one attached hydrogen (secondary N) is 1. The molecule has 0 saturated heterocycles. The first-order chi connectivity index (χ1) is 12.4. The summed E-state index contributed by atoms with van der Waals surface area (Å²) in [6.07, 6.45) is 1.70. The highest BCUT2D eigenvalue weighted by Crippen LogP contribution is 2.25. The van der Waals surface area contributed by atoms with E-state index in [1.54, 1.807) is 12.1 Å². The van der Waals surface area contributed by atoms with Crippen molar-refractivity contribution in [1.82, 2.24) is 4.98 Å². The Kier molecular flexibility index (Phi) is 5.32. The van der Waals surface area contributed by atoms with Gasteiger partial charge in [-0.05, 0) is 36.8 Å². The van der Waals surface area contributed by atoms with Gasteiger partial charge in [-0.2, -0.15) is 0 Å². The zero-order chi connectivity index (χ0) is 18.7. The number of oxazole rings is 1. The number of aryl methyl sites for hydroxylation is 2. The first kappa shape index (κ1) is 18.1. The number of halogens is 3. The van der Waals surface area contributed by atoms with E-state index >= 15 is 0 Å². The number of hydrogen-bond donors (Lipinski definition) is 1. The number of benzene rings is 2. The van der Waals surface area contributed by atoms with Crippen LogP contribution in [0, 0.1) is 18.6 Å². The molecule has 7 heteroatoms. The highest BCUT2D eigenvalue weighted by atomic mass is 35.5. The Balaban J connectivity index is 1.61. The summed E-state index contributed by atoms with van der Waals surface area (Å²) in [5, 5.41) is 3.18. The molecule has 3 rings (SSSR count). The largest absolute Gasteiger partial charge is 0.441 e. The third-order valence-electron chi connectivity index (χ3n) is 3.71. The molecular formula is C19H15ClF2N2O2. The van der Waals surface area contributed by atoms with Crippen LogP contribution in [0.2, 0.25) is 5.02 Å². The van der Waals surface area contributed by atoms with E-state index in [-0.39, 0.29) is 36.0 Å². The highest BCUT2D eigenvalue weighted by Gasteiger charge is 2.13. The van der Waals surface area contributed by atoms with Crippen LogP contribution >= 0.6 is 11.6 Å². The summed E-state index contributed by atoms with van der Waals surface area (Å²) in [6.45, 7) is 1.90. The van der Waals surface area contributed by atoms with Crippen molar-refractivity contribution in [2.45, 2.75) is 19.8 Å². The molecule has 4 nitrogen and oxygen atoms in total. The molecule has 3 aromatic rings. The van der Waals surface area contributed by atoms with Crippen LogP contribution < -0.4 is 5.32 Å². The third kappa shape index (κ3) is 4.26. The van der Waals surface area contributed by atoms with Gasteiger partial charge in [-0.25, -0.2) is 13.8 Å². The van der Waals surface area contributed by atoms with Crippen molar-refractivity contribution in [3.05, 3.63) is 70.7 Å². The summed E-state index contributed by atoms with van der Waals surface area (Å²) in [5.74, 6) is -1.19. The molecule has 2 aromatic carbocycles. The molecule has 1 aromatic heterocycles. The van der Waals surface area contributed by atoms with Crippen molar-refractivity contribution in [3.8, 4) is 11.3 Å². The Morgan fingerprint density at radius 3 is 2.77 bits per heavy atom. The van der Waals surface area contributed by atoms with E-state index in [2.05, 4.69) is 10.3 Å². The summed E-state index contributed by atoms with van der Waals surface area (Å²) in [7, 11) is 0. The van der Waals surface area contributed by atoms with Gasteiger partial charge in [0.05, 0.1) is 22.5 Å².